The van der Waals surface area contributed by atoms with Gasteiger partial charge < -0.3 is 29.7 Å². The zero-order valence-corrected chi connectivity index (χ0v) is 21.3. The monoisotopic (exact) mass is 511 g/mol. The number of carboxylic acids is 2. The van der Waals surface area contributed by atoms with Crippen molar-refractivity contribution >= 4 is 21.8 Å². The van der Waals surface area contributed by atoms with Crippen LogP contribution in [0.4, 0.5) is 0 Å². The van der Waals surface area contributed by atoms with Gasteiger partial charge in [-0.1, -0.05) is 18.2 Å². The topological polar surface area (TPSA) is 148 Å². The maximum absolute atomic E-state index is 12.6. The average molecular weight is 512 g/mol. The molecule has 194 valence electrons. The van der Waals surface area contributed by atoms with Crippen molar-refractivity contribution in [2.75, 3.05) is 27.4 Å². The van der Waals surface area contributed by atoms with Crippen molar-refractivity contribution in [3.63, 3.8) is 0 Å². The highest BCUT2D eigenvalue weighted by molar-refractivity contribution is 7.92. The van der Waals surface area contributed by atoms with E-state index in [1.54, 1.807) is 33.1 Å². The van der Waals surface area contributed by atoms with Crippen LogP contribution in [0.15, 0.2) is 47.4 Å². The number of hydrogen-bond acceptors (Lipinski definition) is 8. The number of ether oxygens (including phenoxy) is 3. The summed E-state index contributed by atoms with van der Waals surface area (Å²) >= 11 is 0. The number of rotatable bonds is 11. The van der Waals surface area contributed by atoms with E-state index < -0.39 is 27.0 Å². The lowest BCUT2D eigenvalue weighted by atomic mass is 10.1. The van der Waals surface area contributed by atoms with Crippen molar-refractivity contribution < 1.29 is 42.4 Å². The minimum absolute atomic E-state index is 0.152. The lowest BCUT2D eigenvalue weighted by Gasteiger charge is -2.17. The molecule has 1 unspecified atom stereocenters. The summed E-state index contributed by atoms with van der Waals surface area (Å²) in [5, 5.41) is 17.7. The molecule has 0 radical (unpaired) electrons. The first-order valence-corrected chi connectivity index (χ1v) is 12.3. The van der Waals surface area contributed by atoms with Crippen molar-refractivity contribution in [2.24, 2.45) is 0 Å². The highest BCUT2D eigenvalue weighted by Crippen LogP contribution is 2.28. The molecule has 0 aliphatic heterocycles. The van der Waals surface area contributed by atoms with E-state index in [0.29, 0.717) is 36.8 Å². The summed E-state index contributed by atoms with van der Waals surface area (Å²) in [6, 6.07) is 13.0. The van der Waals surface area contributed by atoms with E-state index in [2.05, 4.69) is 12.2 Å². The van der Waals surface area contributed by atoms with Crippen molar-refractivity contribution in [2.45, 2.75) is 43.4 Å². The van der Waals surface area contributed by atoms with E-state index >= 15 is 0 Å². The lowest BCUT2D eigenvalue weighted by molar-refractivity contribution is -0.159. The largest absolute Gasteiger partial charge is 0.495 e. The fourth-order valence-electron chi connectivity index (χ4n) is 2.95. The number of para-hydroxylation sites is 2. The number of aliphatic carboxylic acids is 2. The Balaban J connectivity index is 0.000000905. The van der Waals surface area contributed by atoms with Gasteiger partial charge in [-0.05, 0) is 57.0 Å². The van der Waals surface area contributed by atoms with Gasteiger partial charge in [0.15, 0.2) is 21.3 Å². The highest BCUT2D eigenvalue weighted by Gasteiger charge is 2.24. The van der Waals surface area contributed by atoms with Crippen LogP contribution in [0, 0.1) is 0 Å². The first-order valence-electron chi connectivity index (χ1n) is 10.8. The molecule has 0 bridgehead atoms. The van der Waals surface area contributed by atoms with E-state index in [-0.39, 0.29) is 10.9 Å². The fourth-order valence-corrected chi connectivity index (χ4v) is 4.21. The zero-order chi connectivity index (χ0) is 26.6. The van der Waals surface area contributed by atoms with Crippen LogP contribution in [0.1, 0.15) is 26.3 Å². The van der Waals surface area contributed by atoms with Crippen LogP contribution >= 0.6 is 0 Å². The molecule has 11 heteroatoms. The summed E-state index contributed by atoms with van der Waals surface area (Å²) in [7, 11) is -0.311. The summed E-state index contributed by atoms with van der Waals surface area (Å²) in [5.74, 6) is -1.85. The minimum atomic E-state index is -3.41. The molecule has 35 heavy (non-hydrogen) atoms. The molecule has 0 aliphatic rings. The van der Waals surface area contributed by atoms with Gasteiger partial charge in [-0.2, -0.15) is 0 Å². The molecule has 10 nitrogen and oxygen atoms in total. The Labute approximate surface area is 205 Å². The third-order valence-corrected chi connectivity index (χ3v) is 6.97. The average Bonchev–Trinajstić information content (AvgIpc) is 2.82. The molecule has 0 aliphatic carbocycles. The Bertz CT molecular complexity index is 1070. The first-order chi connectivity index (χ1) is 16.4. The summed E-state index contributed by atoms with van der Waals surface area (Å²) in [6.07, 6.45) is 0.694. The van der Waals surface area contributed by atoms with Gasteiger partial charge in [0.05, 0.1) is 19.5 Å². The second-order valence-electron chi connectivity index (χ2n) is 7.75. The van der Waals surface area contributed by atoms with Gasteiger partial charge in [0.2, 0.25) is 0 Å². The van der Waals surface area contributed by atoms with Gasteiger partial charge in [0, 0.05) is 12.6 Å². The van der Waals surface area contributed by atoms with Crippen molar-refractivity contribution in [1.29, 1.82) is 0 Å². The molecule has 2 aromatic rings. The van der Waals surface area contributed by atoms with Crippen LogP contribution in [0.3, 0.4) is 0 Å². The van der Waals surface area contributed by atoms with E-state index in [4.69, 9.17) is 34.0 Å². The Kier molecular flexibility index (Phi) is 12.0. The van der Waals surface area contributed by atoms with Gasteiger partial charge in [0.1, 0.15) is 17.3 Å². The van der Waals surface area contributed by atoms with Gasteiger partial charge in [-0.15, -0.1) is 0 Å². The maximum Gasteiger partial charge on any atom is 0.414 e. The number of benzene rings is 2. The quantitative estimate of drug-likeness (QED) is 0.304. The molecule has 2 aromatic carbocycles. The Morgan fingerprint density at radius 2 is 1.49 bits per heavy atom. The molecule has 0 saturated heterocycles. The summed E-state index contributed by atoms with van der Waals surface area (Å²) in [6.45, 7) is 6.57. The van der Waals surface area contributed by atoms with E-state index in [1.807, 2.05) is 30.3 Å². The summed E-state index contributed by atoms with van der Waals surface area (Å²) < 4.78 is 41.5. The number of sulfone groups is 1. The van der Waals surface area contributed by atoms with Crippen LogP contribution < -0.4 is 19.5 Å². The molecule has 0 aromatic heterocycles. The Hall–Kier alpha value is -3.31. The molecular weight excluding hydrogens is 478 g/mol. The second kappa shape index (κ2) is 14.2. The molecule has 2 rings (SSSR count). The number of carboxylic acid groups (broad SMARTS) is 2. The first kappa shape index (κ1) is 29.7. The van der Waals surface area contributed by atoms with Gasteiger partial charge in [0.25, 0.3) is 0 Å². The van der Waals surface area contributed by atoms with Crippen LogP contribution in [-0.4, -0.2) is 69.2 Å². The molecule has 0 fully saturated rings. The van der Waals surface area contributed by atoms with Crippen molar-refractivity contribution in [3.8, 4) is 17.2 Å². The molecule has 0 heterocycles. The lowest BCUT2D eigenvalue weighted by Crippen LogP contribution is -2.32. The van der Waals surface area contributed by atoms with Crippen molar-refractivity contribution in [1.82, 2.24) is 5.32 Å². The summed E-state index contributed by atoms with van der Waals surface area (Å²) in [4.78, 5) is 18.4. The highest BCUT2D eigenvalue weighted by atomic mass is 32.2. The fraction of sp³-hybridized carbons (Fsp3) is 0.417. The van der Waals surface area contributed by atoms with Gasteiger partial charge in [-0.25, -0.2) is 18.0 Å². The Morgan fingerprint density at radius 3 is 2.00 bits per heavy atom. The molecule has 3 N–H and O–H groups in total. The maximum atomic E-state index is 12.6. The zero-order valence-electron chi connectivity index (χ0n) is 20.5. The van der Waals surface area contributed by atoms with E-state index in [0.717, 1.165) is 5.56 Å². The van der Waals surface area contributed by atoms with Crippen molar-refractivity contribution in [3.05, 3.63) is 48.0 Å². The number of carbonyl (C=O) groups is 2. The predicted octanol–water partition coefficient (Wildman–Crippen LogP) is 2.64. The SMILES string of the molecule is COc1ccccc1OCCNC(C)Cc1ccc(OC)c(S(=O)(=O)C(C)C)c1.O=C(O)C(=O)O. The Morgan fingerprint density at radius 1 is 0.914 bits per heavy atom. The van der Waals surface area contributed by atoms with Crippen LogP contribution in [0.5, 0.6) is 17.2 Å². The molecule has 0 saturated carbocycles. The van der Waals surface area contributed by atoms with Crippen LogP contribution in [-0.2, 0) is 25.8 Å². The normalized spacial score (nSPS) is 11.7. The standard InChI is InChI=1S/C22H31NO5S.C2H2O4/c1-16(2)29(24,25)22-15-18(10-11-21(22)27-5)14-17(3)23-12-13-28-20-9-7-6-8-19(20)26-4;3-1(4)2(5)6/h6-11,15-17,23H,12-14H2,1-5H3;(H,3,4)(H,5,6). The van der Waals surface area contributed by atoms with Gasteiger partial charge in [-0.3, -0.25) is 0 Å². The van der Waals surface area contributed by atoms with Gasteiger partial charge >= 0.3 is 11.9 Å². The third kappa shape index (κ3) is 9.45. The smallest absolute Gasteiger partial charge is 0.414 e. The number of nitrogens with one attached hydrogen (secondary N) is 1. The summed E-state index contributed by atoms with van der Waals surface area (Å²) in [5.41, 5.74) is 0.940. The van der Waals surface area contributed by atoms with E-state index in [9.17, 15) is 8.42 Å². The van der Waals surface area contributed by atoms with Crippen LogP contribution in [0.2, 0.25) is 0 Å². The second-order valence-corrected chi connectivity index (χ2v) is 10.2. The third-order valence-electron chi connectivity index (χ3n) is 4.80. The number of hydrogen-bond donors (Lipinski definition) is 3. The molecular formula is C24H33NO9S. The molecule has 1 atom stereocenters. The molecule has 0 amide bonds. The minimum Gasteiger partial charge on any atom is -0.495 e. The predicted molar refractivity (Wildman–Crippen MR) is 130 cm³/mol. The number of methoxy groups -OCH3 is 2. The molecule has 0 spiro atoms. The van der Waals surface area contributed by atoms with E-state index in [1.165, 1.54) is 7.11 Å². The van der Waals surface area contributed by atoms with Crippen LogP contribution in [0.25, 0.3) is 0 Å².